The third-order valence-corrected chi connectivity index (χ3v) is 5.33. The summed E-state index contributed by atoms with van der Waals surface area (Å²) in [5.74, 6) is -0.275. The zero-order valence-electron chi connectivity index (χ0n) is 15.5. The van der Waals surface area contributed by atoms with E-state index in [1.807, 2.05) is 31.2 Å². The number of sulfonamides is 1. The van der Waals surface area contributed by atoms with Crippen LogP contribution in [-0.4, -0.2) is 23.5 Å². The van der Waals surface area contributed by atoms with E-state index in [1.165, 1.54) is 24.3 Å². The Labute approximate surface area is 162 Å². The zero-order chi connectivity index (χ0) is 20.3. The zero-order valence-corrected chi connectivity index (χ0v) is 16.3. The molecule has 9 heteroatoms. The van der Waals surface area contributed by atoms with Gasteiger partial charge in [-0.3, -0.25) is 13.9 Å². The molecule has 1 amide bonds. The predicted octanol–water partition coefficient (Wildman–Crippen LogP) is 1.89. The number of primary sulfonamides is 1. The number of fused-ring (bicyclic) bond motifs is 1. The number of nitrogens with one attached hydrogen (secondary N) is 1. The summed E-state index contributed by atoms with van der Waals surface area (Å²) in [6, 6.07) is 13.1. The van der Waals surface area contributed by atoms with Gasteiger partial charge in [0.15, 0.2) is 0 Å². The lowest BCUT2D eigenvalue weighted by Crippen LogP contribution is -2.26. The minimum atomic E-state index is -3.78. The Kier molecular flexibility index (Phi) is 5.66. The van der Waals surface area contributed by atoms with Crippen LogP contribution < -0.4 is 16.1 Å². The molecular formula is C19H22N4O4S. The van der Waals surface area contributed by atoms with Crippen LogP contribution in [-0.2, 0) is 27.9 Å². The molecule has 0 saturated carbocycles. The summed E-state index contributed by atoms with van der Waals surface area (Å²) in [4.78, 5) is 25.0. The van der Waals surface area contributed by atoms with Gasteiger partial charge < -0.3 is 5.32 Å². The monoisotopic (exact) mass is 402 g/mol. The van der Waals surface area contributed by atoms with Gasteiger partial charge in [0.05, 0.1) is 15.9 Å². The maximum absolute atomic E-state index is 12.7. The van der Waals surface area contributed by atoms with E-state index in [2.05, 4.69) is 5.32 Å². The lowest BCUT2D eigenvalue weighted by molar-refractivity contribution is -0.116. The number of anilines is 1. The molecule has 2 aromatic carbocycles. The first kappa shape index (κ1) is 19.8. The number of rotatable bonds is 7. The molecule has 3 aromatic rings. The normalized spacial score (nSPS) is 11.6. The topological polar surface area (TPSA) is 116 Å². The molecule has 0 aliphatic rings. The van der Waals surface area contributed by atoms with Crippen molar-refractivity contribution in [2.24, 2.45) is 5.14 Å². The first-order valence-electron chi connectivity index (χ1n) is 8.92. The second kappa shape index (κ2) is 7.99. The Morgan fingerprint density at radius 1 is 1.00 bits per heavy atom. The van der Waals surface area contributed by atoms with Crippen LogP contribution in [0, 0.1) is 0 Å². The molecule has 0 aliphatic heterocycles. The van der Waals surface area contributed by atoms with Crippen LogP contribution in [0.4, 0.5) is 5.69 Å². The number of hydrogen-bond donors (Lipinski definition) is 2. The molecule has 0 unspecified atom stereocenters. The minimum Gasteiger partial charge on any atom is -0.326 e. The van der Waals surface area contributed by atoms with E-state index in [1.54, 1.807) is 9.13 Å². The van der Waals surface area contributed by atoms with Gasteiger partial charge in [-0.15, -0.1) is 0 Å². The van der Waals surface area contributed by atoms with Gasteiger partial charge in [-0.25, -0.2) is 18.4 Å². The van der Waals surface area contributed by atoms with Gasteiger partial charge in [-0.05, 0) is 42.8 Å². The Morgan fingerprint density at radius 3 is 2.11 bits per heavy atom. The van der Waals surface area contributed by atoms with Crippen LogP contribution in [0.1, 0.15) is 19.8 Å². The second-order valence-corrected chi connectivity index (χ2v) is 8.00. The number of hydrogen-bond acceptors (Lipinski definition) is 4. The quantitative estimate of drug-likeness (QED) is 0.628. The molecule has 1 heterocycles. The molecule has 0 fully saturated rings. The Balaban J connectivity index is 1.73. The summed E-state index contributed by atoms with van der Waals surface area (Å²) >= 11 is 0. The molecule has 8 nitrogen and oxygen atoms in total. The number of nitrogens with two attached hydrogens (primary N) is 1. The van der Waals surface area contributed by atoms with Gasteiger partial charge in [-0.2, -0.15) is 0 Å². The van der Waals surface area contributed by atoms with Crippen molar-refractivity contribution < 1.29 is 13.2 Å². The number of aromatic nitrogens is 2. The smallest absolute Gasteiger partial charge is 0.326 e. The number of benzene rings is 2. The molecule has 0 saturated heterocycles. The third kappa shape index (κ3) is 4.15. The molecule has 1 aromatic heterocycles. The van der Waals surface area contributed by atoms with Crippen LogP contribution in [0.2, 0.25) is 0 Å². The molecule has 3 rings (SSSR count). The summed E-state index contributed by atoms with van der Waals surface area (Å²) in [7, 11) is -3.78. The van der Waals surface area contributed by atoms with Crippen molar-refractivity contribution >= 4 is 32.7 Å². The van der Waals surface area contributed by atoms with E-state index in [4.69, 9.17) is 5.14 Å². The summed E-state index contributed by atoms with van der Waals surface area (Å²) < 4.78 is 25.9. The molecule has 3 N–H and O–H groups in total. The number of carbonyl (C=O) groups is 1. The van der Waals surface area contributed by atoms with Gasteiger partial charge in [0.2, 0.25) is 15.9 Å². The standard InChI is InChI=1S/C19H22N4O4S/c1-2-12-22-16-5-3-4-6-17(16)23(19(22)25)13-11-18(24)21-14-7-9-15(10-8-14)28(20,26)27/h3-10H,2,11-13H2,1H3,(H,21,24)(H2,20,26,27). The highest BCUT2D eigenvalue weighted by Gasteiger charge is 2.13. The van der Waals surface area contributed by atoms with Crippen molar-refractivity contribution in [3.05, 3.63) is 59.0 Å². The molecule has 0 aliphatic carbocycles. The average molecular weight is 402 g/mol. The first-order chi connectivity index (χ1) is 13.3. The number of imidazole rings is 1. The Morgan fingerprint density at radius 2 is 1.57 bits per heavy atom. The van der Waals surface area contributed by atoms with Crippen molar-refractivity contribution in [1.29, 1.82) is 0 Å². The van der Waals surface area contributed by atoms with E-state index in [-0.39, 0.29) is 29.5 Å². The minimum absolute atomic E-state index is 0.0271. The number of amides is 1. The van der Waals surface area contributed by atoms with Gasteiger partial charge in [0, 0.05) is 25.2 Å². The van der Waals surface area contributed by atoms with E-state index >= 15 is 0 Å². The number of aryl methyl sites for hydroxylation is 2. The number of para-hydroxylation sites is 2. The summed E-state index contributed by atoms with van der Waals surface area (Å²) in [6.07, 6.45) is 0.944. The molecule has 148 valence electrons. The van der Waals surface area contributed by atoms with Crippen LogP contribution in [0.25, 0.3) is 11.0 Å². The fourth-order valence-electron chi connectivity index (χ4n) is 3.09. The average Bonchev–Trinajstić information content (AvgIpc) is 2.92. The van der Waals surface area contributed by atoms with Crippen molar-refractivity contribution in [1.82, 2.24) is 9.13 Å². The van der Waals surface area contributed by atoms with Gasteiger partial charge in [0.25, 0.3) is 0 Å². The first-order valence-corrected chi connectivity index (χ1v) is 10.5. The Hall–Kier alpha value is -2.91. The maximum atomic E-state index is 12.7. The highest BCUT2D eigenvalue weighted by atomic mass is 32.2. The molecule has 0 bridgehead atoms. The molecule has 0 radical (unpaired) electrons. The molecular weight excluding hydrogens is 380 g/mol. The van der Waals surface area contributed by atoms with Gasteiger partial charge in [-0.1, -0.05) is 19.1 Å². The summed E-state index contributed by atoms with van der Waals surface area (Å²) in [6.45, 7) is 2.87. The van der Waals surface area contributed by atoms with Gasteiger partial charge >= 0.3 is 5.69 Å². The SMILES string of the molecule is CCCn1c(=O)n(CCC(=O)Nc2ccc(S(N)(=O)=O)cc2)c2ccccc21. The number of carbonyl (C=O) groups excluding carboxylic acids is 1. The highest BCUT2D eigenvalue weighted by Crippen LogP contribution is 2.15. The summed E-state index contributed by atoms with van der Waals surface area (Å²) in [5.41, 5.74) is 1.98. The van der Waals surface area contributed by atoms with E-state index in [0.29, 0.717) is 12.2 Å². The van der Waals surface area contributed by atoms with Crippen molar-refractivity contribution in [2.75, 3.05) is 5.32 Å². The van der Waals surface area contributed by atoms with Crippen molar-refractivity contribution in [3.8, 4) is 0 Å². The van der Waals surface area contributed by atoms with E-state index < -0.39 is 10.0 Å². The van der Waals surface area contributed by atoms with Crippen molar-refractivity contribution in [3.63, 3.8) is 0 Å². The predicted molar refractivity (Wildman–Crippen MR) is 108 cm³/mol. The molecule has 0 spiro atoms. The van der Waals surface area contributed by atoms with Crippen LogP contribution in [0.15, 0.2) is 58.2 Å². The Bertz CT molecular complexity index is 1160. The second-order valence-electron chi connectivity index (χ2n) is 6.44. The van der Waals surface area contributed by atoms with Crippen LogP contribution in [0.3, 0.4) is 0 Å². The van der Waals surface area contributed by atoms with Crippen molar-refractivity contribution in [2.45, 2.75) is 37.8 Å². The third-order valence-electron chi connectivity index (χ3n) is 4.40. The van der Waals surface area contributed by atoms with Crippen LogP contribution in [0.5, 0.6) is 0 Å². The van der Waals surface area contributed by atoms with E-state index in [0.717, 1.165) is 17.5 Å². The van der Waals surface area contributed by atoms with Crippen LogP contribution >= 0.6 is 0 Å². The number of nitrogens with zero attached hydrogens (tertiary/aromatic N) is 2. The molecule has 28 heavy (non-hydrogen) atoms. The lowest BCUT2D eigenvalue weighted by atomic mass is 10.3. The molecule has 0 atom stereocenters. The van der Waals surface area contributed by atoms with E-state index in [9.17, 15) is 18.0 Å². The summed E-state index contributed by atoms with van der Waals surface area (Å²) in [5, 5.41) is 7.75. The largest absolute Gasteiger partial charge is 0.329 e. The van der Waals surface area contributed by atoms with Gasteiger partial charge in [0.1, 0.15) is 0 Å². The fraction of sp³-hybridized carbons (Fsp3) is 0.263. The maximum Gasteiger partial charge on any atom is 0.329 e. The fourth-order valence-corrected chi connectivity index (χ4v) is 3.61. The highest BCUT2D eigenvalue weighted by molar-refractivity contribution is 7.89. The lowest BCUT2D eigenvalue weighted by Gasteiger charge is -2.07.